The molecule has 0 bridgehead atoms. The Kier molecular flexibility index (Phi) is 3.57. The minimum Gasteiger partial charge on any atom is -0.325 e. The lowest BCUT2D eigenvalue weighted by atomic mass is 10.0. The van der Waals surface area contributed by atoms with E-state index in [1.807, 2.05) is 4.90 Å². The summed E-state index contributed by atoms with van der Waals surface area (Å²) in [6.07, 6.45) is 8.71. The van der Waals surface area contributed by atoms with Crippen LogP contribution in [0, 0.1) is 5.92 Å². The van der Waals surface area contributed by atoms with Crippen molar-refractivity contribution >= 4 is 15.7 Å². The molecule has 20 heavy (non-hydrogen) atoms. The van der Waals surface area contributed by atoms with E-state index < -0.39 is 9.84 Å². The molecule has 0 aromatic carbocycles. The Morgan fingerprint density at radius 3 is 2.50 bits per heavy atom. The fraction of sp³-hybridized carbons (Fsp3) is 0.929. The van der Waals surface area contributed by atoms with E-state index in [0.717, 1.165) is 12.8 Å². The van der Waals surface area contributed by atoms with E-state index in [0.29, 0.717) is 18.9 Å². The second-order valence-corrected chi connectivity index (χ2v) is 8.96. The molecule has 3 fully saturated rings. The van der Waals surface area contributed by atoms with Crippen molar-refractivity contribution in [3.63, 3.8) is 0 Å². The third kappa shape index (κ3) is 2.72. The molecule has 1 N–H and O–H groups in total. The van der Waals surface area contributed by atoms with Crippen LogP contribution in [0.4, 0.5) is 0 Å². The van der Waals surface area contributed by atoms with Gasteiger partial charge in [-0.1, -0.05) is 12.8 Å². The van der Waals surface area contributed by atoms with E-state index in [1.165, 1.54) is 31.9 Å². The van der Waals surface area contributed by atoms with Crippen LogP contribution < -0.4 is 5.32 Å². The molecule has 1 unspecified atom stereocenters. The Labute approximate surface area is 121 Å². The molecule has 1 spiro atoms. The molecule has 2 aliphatic carbocycles. The van der Waals surface area contributed by atoms with Gasteiger partial charge >= 0.3 is 0 Å². The lowest BCUT2D eigenvalue weighted by molar-refractivity contribution is -0.131. The van der Waals surface area contributed by atoms with Gasteiger partial charge in [0.2, 0.25) is 5.91 Å². The average molecular weight is 300 g/mol. The Morgan fingerprint density at radius 1 is 1.30 bits per heavy atom. The first-order chi connectivity index (χ1) is 9.41. The topological polar surface area (TPSA) is 66.5 Å². The normalized spacial score (nSPS) is 29.6. The van der Waals surface area contributed by atoms with E-state index in [-0.39, 0.29) is 23.4 Å². The van der Waals surface area contributed by atoms with Crippen LogP contribution in [-0.4, -0.2) is 49.5 Å². The summed E-state index contributed by atoms with van der Waals surface area (Å²) in [7, 11) is -2.94. The summed E-state index contributed by atoms with van der Waals surface area (Å²) in [6, 6.07) is 0. The lowest BCUT2D eigenvalue weighted by Gasteiger charge is -2.28. The quantitative estimate of drug-likeness (QED) is 0.819. The van der Waals surface area contributed by atoms with E-state index in [9.17, 15) is 13.2 Å². The van der Waals surface area contributed by atoms with Crippen molar-refractivity contribution in [1.82, 2.24) is 10.2 Å². The average Bonchev–Trinajstić information content (AvgIpc) is 2.83. The molecule has 3 aliphatic rings. The number of amides is 1. The molecule has 114 valence electrons. The summed E-state index contributed by atoms with van der Waals surface area (Å²) in [4.78, 5) is 14.5. The predicted octanol–water partition coefficient (Wildman–Crippen LogP) is 0.902. The van der Waals surface area contributed by atoms with Gasteiger partial charge < -0.3 is 4.90 Å². The second-order valence-electron chi connectivity index (χ2n) is 6.70. The van der Waals surface area contributed by atoms with Gasteiger partial charge in [-0.15, -0.1) is 0 Å². The van der Waals surface area contributed by atoms with Gasteiger partial charge in [0.1, 0.15) is 9.84 Å². The molecule has 0 aromatic rings. The number of sulfone groups is 1. The maximum Gasteiger partial charge on any atom is 0.244 e. The van der Waals surface area contributed by atoms with Crippen molar-refractivity contribution in [3.8, 4) is 0 Å². The van der Waals surface area contributed by atoms with Gasteiger partial charge in [-0.3, -0.25) is 10.1 Å². The van der Waals surface area contributed by atoms with E-state index in [1.54, 1.807) is 0 Å². The minimum atomic E-state index is -2.94. The van der Waals surface area contributed by atoms with Gasteiger partial charge in [-0.25, -0.2) is 8.42 Å². The fourth-order valence-electron chi connectivity index (χ4n) is 3.69. The van der Waals surface area contributed by atoms with Gasteiger partial charge in [0.05, 0.1) is 17.5 Å². The van der Waals surface area contributed by atoms with Crippen molar-refractivity contribution in [3.05, 3.63) is 0 Å². The highest BCUT2D eigenvalue weighted by Gasteiger charge is 2.60. The highest BCUT2D eigenvalue weighted by molar-refractivity contribution is 7.90. The third-order valence-corrected chi connectivity index (χ3v) is 5.97. The van der Waals surface area contributed by atoms with Crippen molar-refractivity contribution < 1.29 is 13.2 Å². The molecule has 1 amide bonds. The molecule has 5 nitrogen and oxygen atoms in total. The Bertz CT molecular complexity index is 493. The molecule has 1 heterocycles. The summed E-state index contributed by atoms with van der Waals surface area (Å²) >= 11 is 0. The third-order valence-electron chi connectivity index (χ3n) is 4.94. The molecular formula is C14H24N2O3S. The number of rotatable bonds is 5. The smallest absolute Gasteiger partial charge is 0.244 e. The van der Waals surface area contributed by atoms with E-state index in [2.05, 4.69) is 5.32 Å². The first kappa shape index (κ1) is 14.3. The molecule has 1 atom stereocenters. The molecule has 3 rings (SSSR count). The highest BCUT2D eigenvalue weighted by Crippen LogP contribution is 2.45. The van der Waals surface area contributed by atoms with E-state index in [4.69, 9.17) is 0 Å². The fourth-order valence-corrected chi connectivity index (χ4v) is 4.34. The molecule has 1 aliphatic heterocycles. The molecule has 0 aromatic heterocycles. The predicted molar refractivity (Wildman–Crippen MR) is 76.9 cm³/mol. The van der Waals surface area contributed by atoms with Crippen LogP contribution in [0.5, 0.6) is 0 Å². The number of nitrogens with one attached hydrogen (secondary N) is 1. The summed E-state index contributed by atoms with van der Waals surface area (Å²) in [5, 5.41) is 3.56. The van der Waals surface area contributed by atoms with Crippen LogP contribution in [0.2, 0.25) is 0 Å². The van der Waals surface area contributed by atoms with Gasteiger partial charge in [0.25, 0.3) is 0 Å². The van der Waals surface area contributed by atoms with Crippen LogP contribution in [0.25, 0.3) is 0 Å². The summed E-state index contributed by atoms with van der Waals surface area (Å²) < 4.78 is 22.5. The van der Waals surface area contributed by atoms with Crippen LogP contribution in [0.1, 0.15) is 44.9 Å². The van der Waals surface area contributed by atoms with Crippen molar-refractivity contribution in [2.24, 2.45) is 5.92 Å². The van der Waals surface area contributed by atoms with Crippen LogP contribution in [0.15, 0.2) is 0 Å². The monoisotopic (exact) mass is 300 g/mol. The van der Waals surface area contributed by atoms with Crippen LogP contribution in [0.3, 0.4) is 0 Å². The number of hydrogen-bond donors (Lipinski definition) is 1. The van der Waals surface area contributed by atoms with Crippen LogP contribution in [-0.2, 0) is 14.6 Å². The largest absolute Gasteiger partial charge is 0.325 e. The first-order valence-electron chi connectivity index (χ1n) is 7.68. The number of hydrogen-bond acceptors (Lipinski definition) is 4. The van der Waals surface area contributed by atoms with Gasteiger partial charge in [0.15, 0.2) is 0 Å². The Balaban J connectivity index is 1.66. The minimum absolute atomic E-state index is 0.145. The van der Waals surface area contributed by atoms with Gasteiger partial charge in [-0.2, -0.15) is 0 Å². The maximum absolute atomic E-state index is 12.5. The van der Waals surface area contributed by atoms with Crippen molar-refractivity contribution in [2.45, 2.75) is 56.7 Å². The Hall–Kier alpha value is -0.620. The first-order valence-corrected chi connectivity index (χ1v) is 9.74. The maximum atomic E-state index is 12.5. The molecule has 6 heteroatoms. The summed E-state index contributed by atoms with van der Waals surface area (Å²) in [5.41, 5.74) is -0.279. The summed E-state index contributed by atoms with van der Waals surface area (Å²) in [5.74, 6) is 0.932. The zero-order chi connectivity index (χ0) is 14.4. The van der Waals surface area contributed by atoms with Crippen molar-refractivity contribution in [2.75, 3.05) is 18.6 Å². The highest BCUT2D eigenvalue weighted by atomic mass is 32.2. The summed E-state index contributed by atoms with van der Waals surface area (Å²) in [6.45, 7) is 0.571. The second kappa shape index (κ2) is 4.98. The lowest BCUT2D eigenvalue weighted by Crippen LogP contribution is -2.43. The standard InChI is InChI=1S/C14H24N2O3S/c1-20(18,19)10-4-9-16-12(11-5-2-3-6-11)15-14(7-8-14)13(16)17/h11-12,15H,2-10H2,1H3. The molecule has 0 radical (unpaired) electrons. The molecule has 1 saturated heterocycles. The number of nitrogens with zero attached hydrogens (tertiary/aromatic N) is 1. The Morgan fingerprint density at radius 2 is 1.95 bits per heavy atom. The van der Waals surface area contributed by atoms with Gasteiger partial charge in [0, 0.05) is 12.8 Å². The SMILES string of the molecule is CS(=O)(=O)CCCN1C(=O)C2(CC2)NC1C1CCCC1. The van der Waals surface area contributed by atoms with Gasteiger partial charge in [-0.05, 0) is 38.0 Å². The van der Waals surface area contributed by atoms with E-state index >= 15 is 0 Å². The number of carbonyl (C=O) groups is 1. The zero-order valence-corrected chi connectivity index (χ0v) is 12.9. The van der Waals surface area contributed by atoms with Crippen LogP contribution >= 0.6 is 0 Å². The number of carbonyl (C=O) groups excluding carboxylic acids is 1. The van der Waals surface area contributed by atoms with Crippen molar-refractivity contribution in [1.29, 1.82) is 0 Å². The molecular weight excluding hydrogens is 276 g/mol. The zero-order valence-electron chi connectivity index (χ0n) is 12.1. The molecule has 2 saturated carbocycles.